The van der Waals surface area contributed by atoms with Crippen molar-refractivity contribution in [3.63, 3.8) is 0 Å². The lowest BCUT2D eigenvalue weighted by Crippen LogP contribution is -1.99. The minimum absolute atomic E-state index is 0.133. The second kappa shape index (κ2) is 7.83. The summed E-state index contributed by atoms with van der Waals surface area (Å²) in [4.78, 5) is 4.37. The number of hydrogen-bond acceptors (Lipinski definition) is 4. The highest BCUT2D eigenvalue weighted by molar-refractivity contribution is 5.80. The standard InChI is InChI=1S/C24H16FN3O/c25-18-10-6-16(7-11-18)21-14-23(28-24(27)22(21)15-26)17-8-12-20(13-9-17)29-19-4-2-1-3-5-19/h1-14H,(H2,27,28). The van der Waals surface area contributed by atoms with Crippen LogP contribution in [0.1, 0.15) is 5.56 Å². The number of benzene rings is 3. The predicted molar refractivity (Wildman–Crippen MR) is 111 cm³/mol. The summed E-state index contributed by atoms with van der Waals surface area (Å²) in [6.07, 6.45) is 0. The fourth-order valence-electron chi connectivity index (χ4n) is 3.01. The summed E-state index contributed by atoms with van der Waals surface area (Å²) in [5.41, 5.74) is 9.05. The van der Waals surface area contributed by atoms with Gasteiger partial charge in [-0.2, -0.15) is 5.26 Å². The minimum Gasteiger partial charge on any atom is -0.457 e. The molecule has 0 saturated carbocycles. The van der Waals surface area contributed by atoms with Crippen LogP contribution in [0.5, 0.6) is 11.5 Å². The third-order valence-electron chi connectivity index (χ3n) is 4.44. The maximum absolute atomic E-state index is 13.3. The van der Waals surface area contributed by atoms with Gasteiger partial charge < -0.3 is 10.5 Å². The average molecular weight is 381 g/mol. The first-order valence-electron chi connectivity index (χ1n) is 8.94. The number of anilines is 1. The fraction of sp³-hybridized carbons (Fsp3) is 0. The minimum atomic E-state index is -0.344. The van der Waals surface area contributed by atoms with E-state index in [4.69, 9.17) is 10.5 Å². The summed E-state index contributed by atoms with van der Waals surface area (Å²) in [6, 6.07) is 26.7. The Morgan fingerprint density at radius 3 is 2.10 bits per heavy atom. The third-order valence-corrected chi connectivity index (χ3v) is 4.44. The summed E-state index contributed by atoms with van der Waals surface area (Å²) in [6.45, 7) is 0. The molecule has 0 saturated heterocycles. The number of ether oxygens (including phenoxy) is 1. The number of nitrogens with zero attached hydrogens (tertiary/aromatic N) is 2. The number of aromatic nitrogens is 1. The van der Waals surface area contributed by atoms with Crippen LogP contribution >= 0.6 is 0 Å². The molecule has 5 heteroatoms. The highest BCUT2D eigenvalue weighted by Gasteiger charge is 2.13. The Kier molecular flexibility index (Phi) is 4.91. The number of pyridine rings is 1. The second-order valence-corrected chi connectivity index (χ2v) is 6.37. The van der Waals surface area contributed by atoms with E-state index in [-0.39, 0.29) is 17.2 Å². The molecule has 0 aliphatic rings. The Balaban J connectivity index is 1.70. The number of para-hydroxylation sites is 1. The van der Waals surface area contributed by atoms with E-state index in [1.165, 1.54) is 12.1 Å². The van der Waals surface area contributed by atoms with Gasteiger partial charge in [-0.25, -0.2) is 9.37 Å². The van der Waals surface area contributed by atoms with Crippen molar-refractivity contribution in [1.29, 1.82) is 5.26 Å². The van der Waals surface area contributed by atoms with Crippen LogP contribution in [-0.4, -0.2) is 4.98 Å². The smallest absolute Gasteiger partial charge is 0.142 e. The average Bonchev–Trinajstić information content (AvgIpc) is 2.75. The van der Waals surface area contributed by atoms with Gasteiger partial charge in [0, 0.05) is 11.1 Å². The Morgan fingerprint density at radius 1 is 0.828 bits per heavy atom. The lowest BCUT2D eigenvalue weighted by atomic mass is 9.98. The van der Waals surface area contributed by atoms with Gasteiger partial charge in [0.05, 0.1) is 5.69 Å². The Labute approximate surface area is 167 Å². The SMILES string of the molecule is N#Cc1c(-c2ccc(F)cc2)cc(-c2ccc(Oc3ccccc3)cc2)nc1N. The molecule has 4 aromatic rings. The Bertz CT molecular complexity index is 1180. The Morgan fingerprint density at radius 2 is 1.45 bits per heavy atom. The zero-order valence-corrected chi connectivity index (χ0v) is 15.3. The molecule has 140 valence electrons. The van der Waals surface area contributed by atoms with Crippen LogP contribution in [0.2, 0.25) is 0 Å². The summed E-state index contributed by atoms with van der Waals surface area (Å²) in [5.74, 6) is 1.23. The van der Waals surface area contributed by atoms with E-state index in [2.05, 4.69) is 11.1 Å². The van der Waals surface area contributed by atoms with Gasteiger partial charge in [-0.1, -0.05) is 30.3 Å². The Hall–Kier alpha value is -4.17. The van der Waals surface area contributed by atoms with Crippen LogP contribution in [0.4, 0.5) is 10.2 Å². The van der Waals surface area contributed by atoms with Crippen molar-refractivity contribution in [1.82, 2.24) is 4.98 Å². The first-order chi connectivity index (χ1) is 14.1. The van der Waals surface area contributed by atoms with Crippen LogP contribution in [0.15, 0.2) is 84.9 Å². The maximum atomic E-state index is 13.3. The molecule has 0 amide bonds. The van der Waals surface area contributed by atoms with Crippen molar-refractivity contribution in [3.05, 3.63) is 96.3 Å². The number of rotatable bonds is 4. The molecule has 0 atom stereocenters. The van der Waals surface area contributed by atoms with Crippen LogP contribution in [0, 0.1) is 17.1 Å². The highest BCUT2D eigenvalue weighted by Crippen LogP contribution is 2.32. The predicted octanol–water partition coefficient (Wildman–Crippen LogP) is 5.80. The number of nitrogen functional groups attached to an aromatic ring is 1. The maximum Gasteiger partial charge on any atom is 0.142 e. The summed E-state index contributed by atoms with van der Waals surface area (Å²) < 4.78 is 19.1. The van der Waals surface area contributed by atoms with Crippen molar-refractivity contribution in [2.75, 3.05) is 5.73 Å². The van der Waals surface area contributed by atoms with E-state index in [9.17, 15) is 9.65 Å². The molecule has 1 heterocycles. The molecule has 1 aromatic heterocycles. The number of nitrogens with two attached hydrogens (primary N) is 1. The number of nitriles is 1. The van der Waals surface area contributed by atoms with Crippen molar-refractivity contribution < 1.29 is 9.13 Å². The fourth-order valence-corrected chi connectivity index (χ4v) is 3.01. The largest absolute Gasteiger partial charge is 0.457 e. The van der Waals surface area contributed by atoms with E-state index in [0.29, 0.717) is 22.6 Å². The van der Waals surface area contributed by atoms with Crippen molar-refractivity contribution >= 4 is 5.82 Å². The molecule has 0 radical (unpaired) electrons. The summed E-state index contributed by atoms with van der Waals surface area (Å²) >= 11 is 0. The van der Waals surface area contributed by atoms with Gasteiger partial charge in [-0.15, -0.1) is 0 Å². The molecule has 0 aliphatic carbocycles. The van der Waals surface area contributed by atoms with Crippen LogP contribution in [-0.2, 0) is 0 Å². The molecule has 0 fully saturated rings. The summed E-state index contributed by atoms with van der Waals surface area (Å²) in [5, 5.41) is 9.49. The second-order valence-electron chi connectivity index (χ2n) is 6.37. The third kappa shape index (κ3) is 3.92. The lowest BCUT2D eigenvalue weighted by Gasteiger charge is -2.11. The molecular weight excluding hydrogens is 365 g/mol. The molecule has 0 bridgehead atoms. The molecule has 0 aliphatic heterocycles. The van der Waals surface area contributed by atoms with Crippen LogP contribution < -0.4 is 10.5 Å². The first-order valence-corrected chi connectivity index (χ1v) is 8.94. The van der Waals surface area contributed by atoms with E-state index in [1.54, 1.807) is 18.2 Å². The zero-order chi connectivity index (χ0) is 20.2. The monoisotopic (exact) mass is 381 g/mol. The molecule has 4 nitrogen and oxygen atoms in total. The van der Waals surface area contributed by atoms with Gasteiger partial charge in [-0.3, -0.25) is 0 Å². The first kappa shape index (κ1) is 18.2. The van der Waals surface area contributed by atoms with E-state index in [0.717, 1.165) is 11.3 Å². The van der Waals surface area contributed by atoms with Gasteiger partial charge >= 0.3 is 0 Å². The molecule has 0 unspecified atom stereocenters. The van der Waals surface area contributed by atoms with Gasteiger partial charge in [0.2, 0.25) is 0 Å². The normalized spacial score (nSPS) is 10.3. The van der Waals surface area contributed by atoms with Crippen molar-refractivity contribution in [2.45, 2.75) is 0 Å². The van der Waals surface area contributed by atoms with Gasteiger partial charge in [0.15, 0.2) is 0 Å². The highest BCUT2D eigenvalue weighted by atomic mass is 19.1. The number of hydrogen-bond donors (Lipinski definition) is 1. The van der Waals surface area contributed by atoms with E-state index >= 15 is 0 Å². The van der Waals surface area contributed by atoms with Gasteiger partial charge in [-0.05, 0) is 60.2 Å². The topological polar surface area (TPSA) is 71.9 Å². The molecule has 0 spiro atoms. The van der Waals surface area contributed by atoms with Gasteiger partial charge in [0.25, 0.3) is 0 Å². The van der Waals surface area contributed by atoms with Crippen LogP contribution in [0.25, 0.3) is 22.4 Å². The molecule has 2 N–H and O–H groups in total. The van der Waals surface area contributed by atoms with Crippen molar-refractivity contribution in [2.24, 2.45) is 0 Å². The lowest BCUT2D eigenvalue weighted by molar-refractivity contribution is 0.483. The number of halogens is 1. The zero-order valence-electron chi connectivity index (χ0n) is 15.3. The van der Waals surface area contributed by atoms with Crippen molar-refractivity contribution in [3.8, 4) is 40.0 Å². The quantitative estimate of drug-likeness (QED) is 0.485. The molecular formula is C24H16FN3O. The molecule has 4 rings (SSSR count). The van der Waals surface area contributed by atoms with Crippen LogP contribution in [0.3, 0.4) is 0 Å². The van der Waals surface area contributed by atoms with E-state index < -0.39 is 0 Å². The van der Waals surface area contributed by atoms with Gasteiger partial charge in [0.1, 0.15) is 34.8 Å². The van der Waals surface area contributed by atoms with E-state index in [1.807, 2.05) is 54.6 Å². The summed E-state index contributed by atoms with van der Waals surface area (Å²) in [7, 11) is 0. The molecule has 29 heavy (non-hydrogen) atoms. The molecule has 3 aromatic carbocycles.